The quantitative estimate of drug-likeness (QED) is 0.163. The zero-order chi connectivity index (χ0) is 37.9. The van der Waals surface area contributed by atoms with E-state index in [-0.39, 0.29) is 0 Å². The molecule has 0 bridgehead atoms. The fraction of sp³-hybridized carbons (Fsp3) is 0. The van der Waals surface area contributed by atoms with Gasteiger partial charge >= 0.3 is 0 Å². The van der Waals surface area contributed by atoms with Crippen molar-refractivity contribution in [3.05, 3.63) is 206 Å². The Morgan fingerprint density at radius 1 is 0.276 bits per heavy atom. The van der Waals surface area contributed by atoms with E-state index in [0.717, 1.165) is 22.7 Å². The summed E-state index contributed by atoms with van der Waals surface area (Å²) in [5, 5.41) is 20.2. The number of anilines is 3. The van der Waals surface area contributed by atoms with E-state index in [1.807, 2.05) is 0 Å². The summed E-state index contributed by atoms with van der Waals surface area (Å²) in [6.07, 6.45) is 0. The van der Waals surface area contributed by atoms with Crippen LogP contribution in [0.15, 0.2) is 206 Å². The van der Waals surface area contributed by atoms with E-state index in [2.05, 4.69) is 216 Å². The van der Waals surface area contributed by atoms with Crippen molar-refractivity contribution in [3.63, 3.8) is 0 Å². The first-order valence-electron chi connectivity index (χ1n) is 20.1. The van der Waals surface area contributed by atoms with Gasteiger partial charge in [0.1, 0.15) is 0 Å². The Morgan fingerprint density at radius 3 is 1.38 bits per heavy atom. The van der Waals surface area contributed by atoms with E-state index in [1.165, 1.54) is 97.2 Å². The maximum Gasteiger partial charge on any atom is 0.0702 e. The fourth-order valence-corrected chi connectivity index (χ4v) is 10.2. The highest BCUT2D eigenvalue weighted by atomic mass is 15.2. The Labute approximate surface area is 334 Å². The highest BCUT2D eigenvalue weighted by molar-refractivity contribution is 6.37. The molecule has 0 aliphatic heterocycles. The predicted molar refractivity (Wildman–Crippen MR) is 249 cm³/mol. The van der Waals surface area contributed by atoms with Gasteiger partial charge < -0.3 is 9.47 Å². The van der Waals surface area contributed by atoms with Crippen LogP contribution in [0.2, 0.25) is 0 Å². The Morgan fingerprint density at radius 2 is 0.724 bits per heavy atom. The SMILES string of the molecule is c1ccc(-n2c3ccccc3c3ccccc32)c(N(c2ccc3ccccc3c2)c2cc3ccc4cccc5c6cccc7ccc8cccc(c(c2)c3c45)c8c76)c1. The van der Waals surface area contributed by atoms with Gasteiger partial charge in [0.25, 0.3) is 0 Å². The lowest BCUT2D eigenvalue weighted by Gasteiger charge is -2.29. The minimum Gasteiger partial charge on any atom is -0.308 e. The van der Waals surface area contributed by atoms with Gasteiger partial charge in [0.05, 0.1) is 22.4 Å². The topological polar surface area (TPSA) is 8.17 Å². The summed E-state index contributed by atoms with van der Waals surface area (Å²) in [4.78, 5) is 2.49. The van der Waals surface area contributed by atoms with Crippen molar-refractivity contribution < 1.29 is 0 Å². The second-order valence-corrected chi connectivity index (χ2v) is 15.7. The second-order valence-electron chi connectivity index (χ2n) is 15.7. The molecule has 1 heterocycles. The van der Waals surface area contributed by atoms with Crippen LogP contribution in [-0.2, 0) is 0 Å². The van der Waals surface area contributed by atoms with E-state index in [4.69, 9.17) is 0 Å². The molecule has 0 saturated carbocycles. The van der Waals surface area contributed by atoms with E-state index in [1.54, 1.807) is 0 Å². The molecule has 13 aromatic rings. The van der Waals surface area contributed by atoms with Crippen molar-refractivity contribution in [2.45, 2.75) is 0 Å². The van der Waals surface area contributed by atoms with E-state index < -0.39 is 0 Å². The van der Waals surface area contributed by atoms with Crippen molar-refractivity contribution in [1.82, 2.24) is 4.57 Å². The molecule has 0 spiro atoms. The molecule has 0 aliphatic carbocycles. The molecule has 0 saturated heterocycles. The van der Waals surface area contributed by atoms with Crippen LogP contribution in [0.5, 0.6) is 0 Å². The molecule has 13 rings (SSSR count). The number of hydrogen-bond acceptors (Lipinski definition) is 1. The number of para-hydroxylation sites is 4. The molecular weight excluding hydrogens is 701 g/mol. The molecule has 12 aromatic carbocycles. The van der Waals surface area contributed by atoms with Gasteiger partial charge in [-0.3, -0.25) is 0 Å². The van der Waals surface area contributed by atoms with Crippen LogP contribution >= 0.6 is 0 Å². The summed E-state index contributed by atoms with van der Waals surface area (Å²) in [6.45, 7) is 0. The summed E-state index contributed by atoms with van der Waals surface area (Å²) < 4.78 is 2.45. The number of nitrogens with zero attached hydrogens (tertiary/aromatic N) is 2. The van der Waals surface area contributed by atoms with Crippen LogP contribution in [0, 0.1) is 0 Å². The first-order chi connectivity index (χ1) is 28.8. The summed E-state index contributed by atoms with van der Waals surface area (Å²) in [6, 6.07) is 76.7. The molecule has 0 radical (unpaired) electrons. The first-order valence-corrected chi connectivity index (χ1v) is 20.1. The third-order valence-electron chi connectivity index (χ3n) is 12.6. The summed E-state index contributed by atoms with van der Waals surface area (Å²) in [5.41, 5.74) is 6.82. The van der Waals surface area contributed by atoms with Gasteiger partial charge in [-0.1, -0.05) is 158 Å². The lowest BCUT2D eigenvalue weighted by Crippen LogP contribution is -2.13. The van der Waals surface area contributed by atoms with Gasteiger partial charge in [0.2, 0.25) is 0 Å². The van der Waals surface area contributed by atoms with Crippen LogP contribution in [0.4, 0.5) is 17.1 Å². The first kappa shape index (κ1) is 31.5. The smallest absolute Gasteiger partial charge is 0.0702 e. The molecule has 0 fully saturated rings. The molecule has 0 aliphatic rings. The number of rotatable bonds is 4. The molecule has 0 amide bonds. The molecule has 2 heteroatoms. The zero-order valence-electron chi connectivity index (χ0n) is 31.5. The highest BCUT2D eigenvalue weighted by Crippen LogP contribution is 2.48. The minimum absolute atomic E-state index is 1.11. The molecule has 0 atom stereocenters. The Balaban J connectivity index is 1.21. The van der Waals surface area contributed by atoms with Crippen LogP contribution in [0.3, 0.4) is 0 Å². The van der Waals surface area contributed by atoms with E-state index >= 15 is 0 Å². The van der Waals surface area contributed by atoms with Crippen molar-refractivity contribution in [2.24, 2.45) is 0 Å². The molecule has 2 nitrogen and oxygen atoms in total. The van der Waals surface area contributed by atoms with Crippen LogP contribution < -0.4 is 4.90 Å². The third-order valence-corrected chi connectivity index (χ3v) is 12.6. The molecule has 268 valence electrons. The third kappa shape index (κ3) is 4.37. The number of hydrogen-bond donors (Lipinski definition) is 0. The maximum absolute atomic E-state index is 2.49. The van der Waals surface area contributed by atoms with Crippen molar-refractivity contribution in [2.75, 3.05) is 4.90 Å². The van der Waals surface area contributed by atoms with Crippen molar-refractivity contribution in [1.29, 1.82) is 0 Å². The number of aromatic nitrogens is 1. The van der Waals surface area contributed by atoms with Gasteiger partial charge in [0, 0.05) is 22.1 Å². The second kappa shape index (κ2) is 11.9. The van der Waals surface area contributed by atoms with Crippen LogP contribution in [-0.4, -0.2) is 4.57 Å². The maximum atomic E-state index is 2.49. The number of fused-ring (bicyclic) bond motifs is 6. The fourth-order valence-electron chi connectivity index (χ4n) is 10.2. The molecular formula is C56H34N2. The normalized spacial score (nSPS) is 12.1. The standard InChI is InChI=1S/C56H34N2/c1-2-13-39-32-41(31-30-35(39)12-1)57(51-24-7-8-25-52(51)58-49-22-5-3-17-43(49)44-18-4-6-23-50(44)58)42-33-40-29-28-38-15-10-20-46-45-19-9-14-36-26-27-37-16-11-21-47(55(37)53(36)45)48(34-42)56(40)54(38)46/h1-34H. The van der Waals surface area contributed by atoms with Crippen molar-refractivity contribution in [3.8, 4) is 5.69 Å². The lowest BCUT2D eigenvalue weighted by atomic mass is 9.87. The molecule has 1 aromatic heterocycles. The Hall–Kier alpha value is -7.68. The predicted octanol–water partition coefficient (Wildman–Crippen LogP) is 15.8. The molecule has 0 unspecified atom stereocenters. The van der Waals surface area contributed by atoms with Gasteiger partial charge in [-0.15, -0.1) is 0 Å². The monoisotopic (exact) mass is 734 g/mol. The Kier molecular flexibility index (Phi) is 6.47. The highest BCUT2D eigenvalue weighted by Gasteiger charge is 2.23. The summed E-state index contributed by atoms with van der Waals surface area (Å²) >= 11 is 0. The number of benzene rings is 11. The van der Waals surface area contributed by atoms with Gasteiger partial charge in [-0.2, -0.15) is 0 Å². The van der Waals surface area contributed by atoms with Crippen molar-refractivity contribution >= 4 is 114 Å². The average Bonchev–Trinajstić information content (AvgIpc) is 3.62. The molecule has 0 N–H and O–H groups in total. The largest absolute Gasteiger partial charge is 0.308 e. The lowest BCUT2D eigenvalue weighted by molar-refractivity contribution is 1.15. The van der Waals surface area contributed by atoms with Crippen LogP contribution in [0.25, 0.3) is 103 Å². The zero-order valence-corrected chi connectivity index (χ0v) is 31.5. The molecule has 58 heavy (non-hydrogen) atoms. The van der Waals surface area contributed by atoms with Gasteiger partial charge in [-0.05, 0) is 124 Å². The van der Waals surface area contributed by atoms with Gasteiger partial charge in [0.15, 0.2) is 0 Å². The summed E-state index contributed by atoms with van der Waals surface area (Å²) in [7, 11) is 0. The Bertz CT molecular complexity index is 3760. The summed E-state index contributed by atoms with van der Waals surface area (Å²) in [5.74, 6) is 0. The van der Waals surface area contributed by atoms with Gasteiger partial charge in [-0.25, -0.2) is 0 Å². The van der Waals surface area contributed by atoms with E-state index in [9.17, 15) is 0 Å². The van der Waals surface area contributed by atoms with E-state index in [0.29, 0.717) is 0 Å². The van der Waals surface area contributed by atoms with Crippen LogP contribution in [0.1, 0.15) is 0 Å². The minimum atomic E-state index is 1.11. The average molecular weight is 735 g/mol.